The Morgan fingerprint density at radius 3 is 2.62 bits per heavy atom. The van der Waals surface area contributed by atoms with E-state index in [0.717, 1.165) is 5.56 Å². The molecule has 2 heterocycles. The molecule has 1 aromatic carbocycles. The van der Waals surface area contributed by atoms with Crippen molar-refractivity contribution in [3.8, 4) is 0 Å². The number of nitrogens with zero attached hydrogens (tertiary/aromatic N) is 1. The first-order chi connectivity index (χ1) is 11.9. The molecule has 2 aliphatic heterocycles. The summed E-state index contributed by atoms with van der Waals surface area (Å²) in [4.78, 5) is 12.8. The van der Waals surface area contributed by atoms with E-state index in [4.69, 9.17) is 10.5 Å². The lowest BCUT2D eigenvalue weighted by atomic mass is 9.79. The minimum absolute atomic E-state index is 0. The minimum atomic E-state index is -3.26. The second-order valence-corrected chi connectivity index (χ2v) is 8.81. The quantitative estimate of drug-likeness (QED) is 0.795. The van der Waals surface area contributed by atoms with E-state index >= 15 is 0 Å². The summed E-state index contributed by atoms with van der Waals surface area (Å²) < 4.78 is 31.2. The Kier molecular flexibility index (Phi) is 6.55. The van der Waals surface area contributed by atoms with Crippen molar-refractivity contribution in [1.82, 2.24) is 0 Å². The smallest absolute Gasteiger partial charge is 0.235 e. The van der Waals surface area contributed by atoms with E-state index in [9.17, 15) is 13.2 Å². The highest BCUT2D eigenvalue weighted by Crippen LogP contribution is 2.33. The van der Waals surface area contributed by atoms with Gasteiger partial charge in [-0.15, -0.1) is 12.4 Å². The molecule has 0 saturated carbocycles. The Labute approximate surface area is 160 Å². The third kappa shape index (κ3) is 3.98. The van der Waals surface area contributed by atoms with Crippen LogP contribution in [0.5, 0.6) is 0 Å². The monoisotopic (exact) mass is 403 g/mol. The van der Waals surface area contributed by atoms with Crippen LogP contribution >= 0.6 is 12.4 Å². The number of nitrogens with two attached hydrogens (primary N) is 1. The number of ether oxygens (including phenoxy) is 1. The van der Waals surface area contributed by atoms with Gasteiger partial charge in [0, 0.05) is 32.0 Å². The summed E-state index contributed by atoms with van der Waals surface area (Å²) >= 11 is 0. The highest BCUT2D eigenvalue weighted by Gasteiger charge is 2.39. The van der Waals surface area contributed by atoms with Gasteiger partial charge in [-0.05, 0) is 43.9 Å². The molecule has 0 spiro atoms. The topological polar surface area (TPSA) is 102 Å². The molecule has 3 N–H and O–H groups in total. The third-order valence-electron chi connectivity index (χ3n) is 5.16. The zero-order chi connectivity index (χ0) is 18.1. The van der Waals surface area contributed by atoms with Gasteiger partial charge in [-0.2, -0.15) is 0 Å². The summed E-state index contributed by atoms with van der Waals surface area (Å²) in [7, 11) is -3.26. The first kappa shape index (κ1) is 21.0. The molecule has 0 aromatic heterocycles. The van der Waals surface area contributed by atoms with E-state index in [-0.39, 0.29) is 30.6 Å². The Morgan fingerprint density at radius 1 is 1.35 bits per heavy atom. The van der Waals surface area contributed by atoms with Gasteiger partial charge in [0.2, 0.25) is 15.9 Å². The molecule has 3 rings (SSSR count). The first-order valence-corrected chi connectivity index (χ1v) is 10.2. The normalized spacial score (nSPS) is 21.1. The van der Waals surface area contributed by atoms with Crippen LogP contribution in [0.3, 0.4) is 0 Å². The zero-order valence-electron chi connectivity index (χ0n) is 14.9. The summed E-state index contributed by atoms with van der Waals surface area (Å²) in [5.74, 6) is 0.0386. The number of rotatable bonds is 4. The fraction of sp³-hybridized carbons (Fsp3) is 0.588. The van der Waals surface area contributed by atoms with Crippen LogP contribution in [0.4, 0.5) is 11.4 Å². The Balaban J connectivity index is 0.00000243. The maximum absolute atomic E-state index is 12.8. The van der Waals surface area contributed by atoms with E-state index in [2.05, 4.69) is 5.32 Å². The largest absolute Gasteiger partial charge is 0.381 e. The van der Waals surface area contributed by atoms with Crippen molar-refractivity contribution in [2.45, 2.75) is 26.2 Å². The molecule has 0 bridgehead atoms. The number of halogens is 1. The van der Waals surface area contributed by atoms with Crippen LogP contribution in [0.1, 0.15) is 24.8 Å². The number of aryl methyl sites for hydroxylation is 1. The number of carbonyl (C=O) groups is 1. The van der Waals surface area contributed by atoms with Crippen molar-refractivity contribution in [1.29, 1.82) is 0 Å². The van der Waals surface area contributed by atoms with Crippen molar-refractivity contribution in [3.05, 3.63) is 23.8 Å². The number of nitrogens with one attached hydrogen (secondary N) is 1. The Bertz CT molecular complexity index is 763. The molecule has 146 valence electrons. The van der Waals surface area contributed by atoms with E-state index < -0.39 is 15.4 Å². The maximum atomic E-state index is 12.8. The van der Waals surface area contributed by atoms with Crippen LogP contribution < -0.4 is 15.4 Å². The van der Waals surface area contributed by atoms with Crippen molar-refractivity contribution in [2.24, 2.45) is 11.1 Å². The minimum Gasteiger partial charge on any atom is -0.381 e. The van der Waals surface area contributed by atoms with Crippen LogP contribution in [0.15, 0.2) is 18.2 Å². The lowest BCUT2D eigenvalue weighted by Gasteiger charge is -2.34. The van der Waals surface area contributed by atoms with Gasteiger partial charge < -0.3 is 15.8 Å². The lowest BCUT2D eigenvalue weighted by molar-refractivity contribution is -0.130. The van der Waals surface area contributed by atoms with Gasteiger partial charge >= 0.3 is 0 Å². The number of hydrogen-bond acceptors (Lipinski definition) is 5. The van der Waals surface area contributed by atoms with Crippen LogP contribution in [-0.4, -0.2) is 46.4 Å². The van der Waals surface area contributed by atoms with Gasteiger partial charge in [0.25, 0.3) is 0 Å². The fourth-order valence-corrected chi connectivity index (χ4v) is 5.03. The summed E-state index contributed by atoms with van der Waals surface area (Å²) in [5.41, 5.74) is 7.34. The number of hydrogen-bond donors (Lipinski definition) is 2. The van der Waals surface area contributed by atoms with E-state index in [1.165, 1.54) is 4.31 Å². The highest BCUT2D eigenvalue weighted by molar-refractivity contribution is 7.93. The number of carbonyl (C=O) groups excluding carboxylic acids is 1. The van der Waals surface area contributed by atoms with Gasteiger partial charge in [-0.1, -0.05) is 6.07 Å². The first-order valence-electron chi connectivity index (χ1n) is 8.58. The molecule has 26 heavy (non-hydrogen) atoms. The van der Waals surface area contributed by atoms with E-state index in [1.807, 2.05) is 13.0 Å². The SMILES string of the molecule is Cc1ccc(NC(=O)C2(CN)CCOCC2)cc1N1CCCS1(=O)=O.Cl. The molecule has 2 aliphatic rings. The Morgan fingerprint density at radius 2 is 2.04 bits per heavy atom. The van der Waals surface area contributed by atoms with Gasteiger partial charge in [-0.25, -0.2) is 8.42 Å². The summed E-state index contributed by atoms with van der Waals surface area (Å²) in [6.45, 7) is 3.66. The van der Waals surface area contributed by atoms with Gasteiger partial charge in [0.05, 0.1) is 16.9 Å². The van der Waals surface area contributed by atoms with Crippen molar-refractivity contribution in [3.63, 3.8) is 0 Å². The second-order valence-electron chi connectivity index (χ2n) is 6.79. The molecule has 1 amide bonds. The van der Waals surface area contributed by atoms with Gasteiger partial charge in [0.15, 0.2) is 0 Å². The van der Waals surface area contributed by atoms with Crippen molar-refractivity contribution >= 4 is 39.7 Å². The molecule has 0 aliphatic carbocycles. The van der Waals surface area contributed by atoms with Crippen LogP contribution in [-0.2, 0) is 19.6 Å². The lowest BCUT2D eigenvalue weighted by Crippen LogP contribution is -2.46. The van der Waals surface area contributed by atoms with Crippen molar-refractivity contribution in [2.75, 3.05) is 41.7 Å². The molecular formula is C17H26ClN3O4S. The summed E-state index contributed by atoms with van der Waals surface area (Å²) in [6, 6.07) is 5.36. The predicted molar refractivity (Wildman–Crippen MR) is 104 cm³/mol. The highest BCUT2D eigenvalue weighted by atomic mass is 35.5. The molecule has 2 fully saturated rings. The molecule has 2 saturated heterocycles. The van der Waals surface area contributed by atoms with Gasteiger partial charge in [0.1, 0.15) is 0 Å². The molecule has 9 heteroatoms. The zero-order valence-corrected chi connectivity index (χ0v) is 16.5. The second kappa shape index (κ2) is 8.12. The maximum Gasteiger partial charge on any atom is 0.235 e. The summed E-state index contributed by atoms with van der Waals surface area (Å²) in [5, 5.41) is 2.93. The van der Waals surface area contributed by atoms with E-state index in [0.29, 0.717) is 50.4 Å². The predicted octanol–water partition coefficient (Wildman–Crippen LogP) is 1.65. The number of sulfonamides is 1. The average Bonchev–Trinajstić information content (AvgIpc) is 2.96. The standard InChI is InChI=1S/C17H25N3O4S.ClH/c1-13-3-4-14(11-15(13)20-7-2-10-25(20,22)23)19-16(21)17(12-18)5-8-24-9-6-17;/h3-4,11H,2,5-10,12,18H2,1H3,(H,19,21);1H. The molecule has 7 nitrogen and oxygen atoms in total. The van der Waals surface area contributed by atoms with Crippen molar-refractivity contribution < 1.29 is 17.9 Å². The van der Waals surface area contributed by atoms with Gasteiger partial charge in [-0.3, -0.25) is 9.10 Å². The third-order valence-corrected chi connectivity index (χ3v) is 7.01. The Hall–Kier alpha value is -1.35. The number of anilines is 2. The van der Waals surface area contributed by atoms with E-state index in [1.54, 1.807) is 12.1 Å². The number of amides is 1. The fourth-order valence-electron chi connectivity index (χ4n) is 3.42. The molecule has 0 radical (unpaired) electrons. The molecular weight excluding hydrogens is 378 g/mol. The van der Waals surface area contributed by atoms with Crippen LogP contribution in [0.25, 0.3) is 0 Å². The number of benzene rings is 1. The van der Waals surface area contributed by atoms with Crippen LogP contribution in [0.2, 0.25) is 0 Å². The average molecular weight is 404 g/mol. The molecule has 0 atom stereocenters. The van der Waals surface area contributed by atoms with Crippen LogP contribution in [0, 0.1) is 12.3 Å². The molecule has 1 aromatic rings. The molecule has 0 unspecified atom stereocenters. The summed E-state index contributed by atoms with van der Waals surface area (Å²) in [6.07, 6.45) is 1.80.